The fourth-order valence-electron chi connectivity index (χ4n) is 2.31. The minimum absolute atomic E-state index is 0.270. The van der Waals surface area contributed by atoms with Crippen molar-refractivity contribution < 1.29 is 0 Å². The van der Waals surface area contributed by atoms with E-state index < -0.39 is 0 Å². The monoisotopic (exact) mass is 257 g/mol. The molecule has 2 aromatic rings. The van der Waals surface area contributed by atoms with Gasteiger partial charge in [0.2, 0.25) is 0 Å². The van der Waals surface area contributed by atoms with Crippen LogP contribution in [0.2, 0.25) is 0 Å². The van der Waals surface area contributed by atoms with Crippen LogP contribution in [0.1, 0.15) is 43.5 Å². The Morgan fingerprint density at radius 3 is 2.74 bits per heavy atom. The van der Waals surface area contributed by atoms with Crippen LogP contribution in [-0.2, 0) is 13.0 Å². The minimum Gasteiger partial charge on any atom is -0.378 e. The molecule has 1 N–H and O–H groups in total. The molecule has 0 fully saturated rings. The van der Waals surface area contributed by atoms with E-state index in [1.165, 1.54) is 22.4 Å². The van der Waals surface area contributed by atoms with Crippen LogP contribution in [-0.4, -0.2) is 9.78 Å². The first-order valence-electron chi connectivity index (χ1n) is 7.03. The number of benzene rings is 1. The summed E-state index contributed by atoms with van der Waals surface area (Å²) in [6.07, 6.45) is 5.11. The van der Waals surface area contributed by atoms with Gasteiger partial charge in [0.1, 0.15) is 0 Å². The molecule has 0 amide bonds. The summed E-state index contributed by atoms with van der Waals surface area (Å²) in [5.74, 6) is 0. The first-order valence-corrected chi connectivity index (χ1v) is 7.03. The Morgan fingerprint density at radius 2 is 2.11 bits per heavy atom. The van der Waals surface area contributed by atoms with E-state index in [1.807, 2.05) is 10.9 Å². The zero-order chi connectivity index (χ0) is 13.8. The summed E-state index contributed by atoms with van der Waals surface area (Å²) in [5.41, 5.74) is 5.16. The van der Waals surface area contributed by atoms with E-state index in [0.29, 0.717) is 0 Å². The van der Waals surface area contributed by atoms with Crippen LogP contribution in [0.4, 0.5) is 5.69 Å². The highest BCUT2D eigenvalue weighted by Gasteiger charge is 2.11. The molecule has 0 radical (unpaired) electrons. The number of hydrogen-bond donors (Lipinski definition) is 1. The second kappa shape index (κ2) is 5.91. The van der Waals surface area contributed by atoms with Gasteiger partial charge in [0.15, 0.2) is 0 Å². The smallest absolute Gasteiger partial charge is 0.0542 e. The van der Waals surface area contributed by atoms with E-state index >= 15 is 0 Å². The molecule has 1 heterocycles. The lowest BCUT2D eigenvalue weighted by molar-refractivity contribution is 0.658. The number of aromatic nitrogens is 2. The molecule has 3 nitrogen and oxygen atoms in total. The van der Waals surface area contributed by atoms with Gasteiger partial charge in [-0.25, -0.2) is 0 Å². The Hall–Kier alpha value is -1.77. The van der Waals surface area contributed by atoms with Crippen molar-refractivity contribution in [2.45, 2.75) is 46.7 Å². The Balaban J connectivity index is 2.21. The van der Waals surface area contributed by atoms with Gasteiger partial charge >= 0.3 is 0 Å². The maximum absolute atomic E-state index is 4.34. The van der Waals surface area contributed by atoms with Crippen molar-refractivity contribution >= 4 is 5.69 Å². The fraction of sp³-hybridized carbons (Fsp3) is 0.438. The molecular formula is C16H23N3. The number of rotatable bonds is 5. The van der Waals surface area contributed by atoms with Crippen molar-refractivity contribution in [2.24, 2.45) is 0 Å². The van der Waals surface area contributed by atoms with E-state index in [9.17, 15) is 0 Å². The van der Waals surface area contributed by atoms with Gasteiger partial charge in [0, 0.05) is 24.0 Å². The Morgan fingerprint density at radius 1 is 1.32 bits per heavy atom. The van der Waals surface area contributed by atoms with Crippen molar-refractivity contribution in [1.29, 1.82) is 0 Å². The number of hydrogen-bond acceptors (Lipinski definition) is 2. The van der Waals surface area contributed by atoms with E-state index in [-0.39, 0.29) is 6.04 Å². The number of para-hydroxylation sites is 1. The third-order valence-corrected chi connectivity index (χ3v) is 3.58. The van der Waals surface area contributed by atoms with Crippen LogP contribution >= 0.6 is 0 Å². The lowest BCUT2D eigenvalue weighted by Gasteiger charge is -2.19. The number of anilines is 1. The molecule has 102 valence electrons. The second-order valence-electron chi connectivity index (χ2n) is 4.96. The van der Waals surface area contributed by atoms with Crippen LogP contribution in [0.5, 0.6) is 0 Å². The SMILES string of the molecule is CCc1cccc(C)c1NC(C)c1cnn(CC)c1. The predicted octanol–water partition coefficient (Wildman–Crippen LogP) is 3.95. The van der Waals surface area contributed by atoms with Gasteiger partial charge in [-0.3, -0.25) is 4.68 Å². The van der Waals surface area contributed by atoms with Gasteiger partial charge in [0.25, 0.3) is 0 Å². The predicted molar refractivity (Wildman–Crippen MR) is 80.5 cm³/mol. The molecule has 19 heavy (non-hydrogen) atoms. The molecule has 0 aliphatic carbocycles. The van der Waals surface area contributed by atoms with Gasteiger partial charge < -0.3 is 5.32 Å². The van der Waals surface area contributed by atoms with Crippen LogP contribution in [0.25, 0.3) is 0 Å². The van der Waals surface area contributed by atoms with Crippen molar-refractivity contribution in [1.82, 2.24) is 9.78 Å². The number of nitrogens with one attached hydrogen (secondary N) is 1. The molecule has 0 saturated heterocycles. The number of aryl methyl sites for hydroxylation is 3. The molecule has 1 aromatic heterocycles. The third-order valence-electron chi connectivity index (χ3n) is 3.58. The molecule has 1 atom stereocenters. The topological polar surface area (TPSA) is 29.9 Å². The first-order chi connectivity index (χ1) is 9.15. The second-order valence-corrected chi connectivity index (χ2v) is 4.96. The maximum Gasteiger partial charge on any atom is 0.0542 e. The quantitative estimate of drug-likeness (QED) is 0.879. The highest BCUT2D eigenvalue weighted by atomic mass is 15.3. The summed E-state index contributed by atoms with van der Waals surface area (Å²) < 4.78 is 1.96. The summed E-state index contributed by atoms with van der Waals surface area (Å²) in [7, 11) is 0. The summed E-state index contributed by atoms with van der Waals surface area (Å²) in [5, 5.41) is 7.97. The van der Waals surface area contributed by atoms with E-state index in [1.54, 1.807) is 0 Å². The van der Waals surface area contributed by atoms with Crippen molar-refractivity contribution in [3.63, 3.8) is 0 Å². The fourth-order valence-corrected chi connectivity index (χ4v) is 2.31. The van der Waals surface area contributed by atoms with E-state index in [0.717, 1.165) is 13.0 Å². The first kappa shape index (κ1) is 13.7. The highest BCUT2D eigenvalue weighted by molar-refractivity contribution is 5.58. The molecule has 0 saturated carbocycles. The van der Waals surface area contributed by atoms with Gasteiger partial charge in [-0.2, -0.15) is 5.10 Å². The van der Waals surface area contributed by atoms with Gasteiger partial charge in [-0.05, 0) is 38.3 Å². The van der Waals surface area contributed by atoms with Crippen LogP contribution < -0.4 is 5.32 Å². The summed E-state index contributed by atoms with van der Waals surface area (Å²) in [6, 6.07) is 6.74. The molecule has 0 aliphatic rings. The lowest BCUT2D eigenvalue weighted by Crippen LogP contribution is -2.09. The summed E-state index contributed by atoms with van der Waals surface area (Å²) in [6.45, 7) is 9.55. The van der Waals surface area contributed by atoms with Crippen LogP contribution in [0, 0.1) is 6.92 Å². The molecule has 3 heteroatoms. The standard InChI is InChI=1S/C16H23N3/c1-5-14-9-7-8-12(3)16(14)18-13(4)15-10-17-19(6-2)11-15/h7-11,13,18H,5-6H2,1-4H3. The maximum atomic E-state index is 4.34. The molecule has 0 aliphatic heterocycles. The van der Waals surface area contributed by atoms with Gasteiger partial charge in [-0.15, -0.1) is 0 Å². The molecular weight excluding hydrogens is 234 g/mol. The Bertz CT molecular complexity index is 543. The molecule has 0 spiro atoms. The zero-order valence-corrected chi connectivity index (χ0v) is 12.3. The Labute approximate surface area is 115 Å². The van der Waals surface area contributed by atoms with E-state index in [2.05, 4.69) is 62.5 Å². The van der Waals surface area contributed by atoms with Crippen LogP contribution in [0.15, 0.2) is 30.6 Å². The zero-order valence-electron chi connectivity index (χ0n) is 12.3. The van der Waals surface area contributed by atoms with E-state index in [4.69, 9.17) is 0 Å². The highest BCUT2D eigenvalue weighted by Crippen LogP contribution is 2.26. The summed E-state index contributed by atoms with van der Waals surface area (Å²) >= 11 is 0. The lowest BCUT2D eigenvalue weighted by atomic mass is 10.0. The van der Waals surface area contributed by atoms with Crippen LogP contribution in [0.3, 0.4) is 0 Å². The average molecular weight is 257 g/mol. The Kier molecular flexibility index (Phi) is 4.25. The molecule has 1 aromatic carbocycles. The van der Waals surface area contributed by atoms with Crippen molar-refractivity contribution in [3.05, 3.63) is 47.3 Å². The van der Waals surface area contributed by atoms with Crippen molar-refractivity contribution in [3.8, 4) is 0 Å². The average Bonchev–Trinajstić information content (AvgIpc) is 2.90. The van der Waals surface area contributed by atoms with Gasteiger partial charge in [-0.1, -0.05) is 25.1 Å². The molecule has 1 unspecified atom stereocenters. The largest absolute Gasteiger partial charge is 0.378 e. The van der Waals surface area contributed by atoms with Gasteiger partial charge in [0.05, 0.1) is 12.2 Å². The normalized spacial score (nSPS) is 12.4. The third kappa shape index (κ3) is 2.98. The minimum atomic E-state index is 0.270. The molecule has 2 rings (SSSR count). The van der Waals surface area contributed by atoms with Crippen molar-refractivity contribution in [2.75, 3.05) is 5.32 Å². The molecule has 0 bridgehead atoms. The number of nitrogens with zero attached hydrogens (tertiary/aromatic N) is 2. The summed E-state index contributed by atoms with van der Waals surface area (Å²) in [4.78, 5) is 0.